The normalized spacial score (nSPS) is 13.9. The van der Waals surface area contributed by atoms with Crippen LogP contribution in [0.5, 0.6) is 0 Å². The Morgan fingerprint density at radius 2 is 2.36 bits per heavy atom. The molecule has 0 fully saturated rings. The van der Waals surface area contributed by atoms with Crippen molar-refractivity contribution in [2.24, 2.45) is 4.99 Å². The summed E-state index contributed by atoms with van der Waals surface area (Å²) < 4.78 is 0. The second-order valence-electron chi connectivity index (χ2n) is 2.52. The van der Waals surface area contributed by atoms with Crippen LogP contribution in [0.2, 0.25) is 0 Å². The Labute approximate surface area is 65.2 Å². The highest BCUT2D eigenvalue weighted by molar-refractivity contribution is 5.78. The summed E-state index contributed by atoms with van der Waals surface area (Å²) in [5, 5.41) is 3.18. The van der Waals surface area contributed by atoms with Gasteiger partial charge in [0.15, 0.2) is 5.82 Å². The smallest absolute Gasteiger partial charge is 0.175 e. The molecule has 1 aromatic heterocycles. The molecule has 56 valence electrons. The van der Waals surface area contributed by atoms with E-state index >= 15 is 0 Å². The molecule has 1 aliphatic rings. The molecule has 0 spiro atoms. The molecule has 0 aliphatic carbocycles. The number of fused-ring (bicyclic) bond motifs is 1. The summed E-state index contributed by atoms with van der Waals surface area (Å²) in [5.41, 5.74) is 2.03. The first-order valence-electron chi connectivity index (χ1n) is 3.60. The molecule has 2 heterocycles. The number of hydrogen-bond acceptors (Lipinski definition) is 3. The van der Waals surface area contributed by atoms with E-state index in [9.17, 15) is 0 Å². The maximum absolute atomic E-state index is 4.25. The van der Waals surface area contributed by atoms with Gasteiger partial charge in [-0.25, -0.2) is 9.98 Å². The number of rotatable bonds is 0. The Morgan fingerprint density at radius 1 is 1.45 bits per heavy atom. The molecule has 0 saturated carbocycles. The van der Waals surface area contributed by atoms with Crippen molar-refractivity contribution in [2.45, 2.75) is 6.92 Å². The third-order valence-electron chi connectivity index (χ3n) is 1.61. The molecule has 1 aliphatic heterocycles. The number of aromatic nitrogens is 1. The van der Waals surface area contributed by atoms with Crippen LogP contribution in [0.3, 0.4) is 0 Å². The van der Waals surface area contributed by atoms with Crippen molar-refractivity contribution in [1.29, 1.82) is 0 Å². The Balaban J connectivity index is 2.54. The van der Waals surface area contributed by atoms with Gasteiger partial charge in [-0.2, -0.15) is 0 Å². The van der Waals surface area contributed by atoms with Crippen molar-refractivity contribution < 1.29 is 0 Å². The number of aliphatic imine (C=N–C) groups is 1. The predicted octanol–water partition coefficient (Wildman–Crippen LogP) is 1.52. The lowest BCUT2D eigenvalue weighted by Gasteiger charge is -2.10. The molecular formula is C8H9N3. The summed E-state index contributed by atoms with van der Waals surface area (Å²) >= 11 is 0. The zero-order chi connectivity index (χ0) is 7.68. The van der Waals surface area contributed by atoms with Gasteiger partial charge in [0.05, 0.1) is 12.2 Å². The first-order valence-corrected chi connectivity index (χ1v) is 3.60. The molecule has 3 heteroatoms. The third-order valence-corrected chi connectivity index (χ3v) is 1.61. The molecule has 11 heavy (non-hydrogen) atoms. The largest absolute Gasteiger partial charge is 0.377 e. The summed E-state index contributed by atoms with van der Waals surface area (Å²) in [6.45, 7) is 2.77. The first kappa shape index (κ1) is 6.34. The van der Waals surface area contributed by atoms with Gasteiger partial charge in [-0.15, -0.1) is 0 Å². The summed E-state index contributed by atoms with van der Waals surface area (Å²) in [4.78, 5) is 8.41. The van der Waals surface area contributed by atoms with Crippen molar-refractivity contribution in [3.05, 3.63) is 17.8 Å². The molecule has 0 atom stereocenters. The van der Waals surface area contributed by atoms with Gasteiger partial charge in [-0.1, -0.05) is 0 Å². The minimum Gasteiger partial charge on any atom is -0.377 e. The van der Waals surface area contributed by atoms with Gasteiger partial charge in [-0.3, -0.25) is 0 Å². The minimum atomic E-state index is 0.802. The molecule has 0 unspecified atom stereocenters. The van der Waals surface area contributed by atoms with Crippen molar-refractivity contribution in [1.82, 2.24) is 4.98 Å². The second-order valence-corrected chi connectivity index (χ2v) is 2.52. The monoisotopic (exact) mass is 147 g/mol. The molecule has 0 aromatic carbocycles. The summed E-state index contributed by atoms with van der Waals surface area (Å²) in [5.74, 6) is 0.802. The topological polar surface area (TPSA) is 37.3 Å². The average molecular weight is 147 g/mol. The van der Waals surface area contributed by atoms with Gasteiger partial charge in [0, 0.05) is 11.9 Å². The lowest BCUT2D eigenvalue weighted by Crippen LogP contribution is -2.07. The molecule has 0 amide bonds. The van der Waals surface area contributed by atoms with Crippen LogP contribution in [-0.2, 0) is 0 Å². The number of anilines is 1. The molecule has 0 saturated heterocycles. The highest BCUT2D eigenvalue weighted by Gasteiger charge is 2.04. The maximum Gasteiger partial charge on any atom is 0.175 e. The summed E-state index contributed by atoms with van der Waals surface area (Å²) in [6.07, 6.45) is 1.83. The van der Waals surface area contributed by atoms with E-state index in [1.54, 1.807) is 0 Å². The van der Waals surface area contributed by atoms with Crippen LogP contribution in [0, 0.1) is 6.92 Å². The molecule has 1 aromatic rings. The molecule has 3 nitrogen and oxygen atoms in total. The lowest BCUT2D eigenvalue weighted by atomic mass is 10.3. The van der Waals surface area contributed by atoms with Gasteiger partial charge in [0.1, 0.15) is 0 Å². The van der Waals surface area contributed by atoms with E-state index in [-0.39, 0.29) is 0 Å². The van der Waals surface area contributed by atoms with E-state index < -0.39 is 0 Å². The summed E-state index contributed by atoms with van der Waals surface area (Å²) in [6, 6.07) is 3.99. The van der Waals surface area contributed by atoms with Crippen molar-refractivity contribution in [2.75, 3.05) is 11.9 Å². The standard InChI is InChI=1S/C8H9N3/c1-6-2-3-7-8(11-6)10-5-4-9-7/h2-3,5,9H,4H2,1H3. The van der Waals surface area contributed by atoms with E-state index in [1.807, 2.05) is 25.3 Å². The Hall–Kier alpha value is -1.38. The fourth-order valence-electron chi connectivity index (χ4n) is 1.07. The van der Waals surface area contributed by atoms with Gasteiger partial charge in [0.2, 0.25) is 0 Å². The Kier molecular flexibility index (Phi) is 1.35. The fraction of sp³-hybridized carbons (Fsp3) is 0.250. The third kappa shape index (κ3) is 1.09. The van der Waals surface area contributed by atoms with E-state index in [2.05, 4.69) is 15.3 Å². The maximum atomic E-state index is 4.25. The second kappa shape index (κ2) is 2.34. The van der Waals surface area contributed by atoms with Crippen LogP contribution in [-0.4, -0.2) is 17.7 Å². The van der Waals surface area contributed by atoms with Crippen LogP contribution < -0.4 is 5.32 Å². The van der Waals surface area contributed by atoms with Crippen molar-refractivity contribution in [3.63, 3.8) is 0 Å². The van der Waals surface area contributed by atoms with Gasteiger partial charge >= 0.3 is 0 Å². The van der Waals surface area contributed by atoms with Gasteiger partial charge in [-0.05, 0) is 19.1 Å². The van der Waals surface area contributed by atoms with Crippen LogP contribution in [0.1, 0.15) is 5.69 Å². The van der Waals surface area contributed by atoms with Gasteiger partial charge < -0.3 is 5.32 Å². The van der Waals surface area contributed by atoms with E-state index in [1.165, 1.54) is 0 Å². The van der Waals surface area contributed by atoms with Gasteiger partial charge in [0.25, 0.3) is 0 Å². The zero-order valence-electron chi connectivity index (χ0n) is 6.33. The van der Waals surface area contributed by atoms with Crippen LogP contribution >= 0.6 is 0 Å². The number of nitrogens with one attached hydrogen (secondary N) is 1. The molecule has 0 bridgehead atoms. The first-order chi connectivity index (χ1) is 5.36. The highest BCUT2D eigenvalue weighted by Crippen LogP contribution is 2.23. The molecule has 1 N–H and O–H groups in total. The molecular weight excluding hydrogens is 138 g/mol. The zero-order valence-corrected chi connectivity index (χ0v) is 6.33. The van der Waals surface area contributed by atoms with Crippen molar-refractivity contribution in [3.8, 4) is 0 Å². The van der Waals surface area contributed by atoms with Crippen LogP contribution in [0.4, 0.5) is 11.5 Å². The number of aryl methyl sites for hydroxylation is 1. The Bertz CT molecular complexity index is 304. The van der Waals surface area contributed by atoms with E-state index in [0.717, 1.165) is 23.7 Å². The SMILES string of the molecule is Cc1ccc2c(n1)N=CCN2. The molecule has 2 rings (SSSR count). The quantitative estimate of drug-likeness (QED) is 0.604. The van der Waals surface area contributed by atoms with Crippen molar-refractivity contribution >= 4 is 17.7 Å². The average Bonchev–Trinajstić information content (AvgIpc) is 2.04. The predicted molar refractivity (Wildman–Crippen MR) is 45.6 cm³/mol. The number of nitrogens with zero attached hydrogens (tertiary/aromatic N) is 2. The number of pyridine rings is 1. The Morgan fingerprint density at radius 3 is 3.27 bits per heavy atom. The van der Waals surface area contributed by atoms with E-state index in [4.69, 9.17) is 0 Å². The summed E-state index contributed by atoms with van der Waals surface area (Å²) in [7, 11) is 0. The number of hydrogen-bond donors (Lipinski definition) is 1. The van der Waals surface area contributed by atoms with Crippen LogP contribution in [0.25, 0.3) is 0 Å². The highest BCUT2D eigenvalue weighted by atomic mass is 15.0. The minimum absolute atomic E-state index is 0.802. The van der Waals surface area contributed by atoms with Crippen LogP contribution in [0.15, 0.2) is 17.1 Å². The fourth-order valence-corrected chi connectivity index (χ4v) is 1.07. The lowest BCUT2D eigenvalue weighted by molar-refractivity contribution is 1.15. The molecule has 0 radical (unpaired) electrons. The van der Waals surface area contributed by atoms with E-state index in [0.29, 0.717) is 0 Å².